The van der Waals surface area contributed by atoms with Gasteiger partial charge in [-0.1, -0.05) is 12.1 Å². The highest BCUT2D eigenvalue weighted by atomic mass is 32.1. The lowest BCUT2D eigenvalue weighted by Crippen LogP contribution is -2.13. The fourth-order valence-corrected chi connectivity index (χ4v) is 3.67. The van der Waals surface area contributed by atoms with Crippen molar-refractivity contribution in [3.63, 3.8) is 0 Å². The molecule has 5 heteroatoms. The summed E-state index contributed by atoms with van der Waals surface area (Å²) >= 11 is 3.27. The average molecular weight is 321 g/mol. The van der Waals surface area contributed by atoms with Gasteiger partial charge in [0.15, 0.2) is 0 Å². The molecule has 0 saturated carbocycles. The molecule has 0 amide bonds. The largest absolute Gasteiger partial charge is 0.375 e. The second kappa shape index (κ2) is 6.37. The van der Waals surface area contributed by atoms with E-state index in [1.54, 1.807) is 22.7 Å². The molecule has 0 fully saturated rings. The van der Waals surface area contributed by atoms with Gasteiger partial charge in [0.1, 0.15) is 11.6 Å². The molecule has 0 saturated heterocycles. The first-order valence-corrected chi connectivity index (χ1v) is 8.25. The first-order chi connectivity index (χ1) is 10.2. The normalized spacial score (nSPS) is 12.3. The SMILES string of the molecule is Fc1ccc(F)c(NC(Cc2cccs2)c2cccs2)c1. The lowest BCUT2D eigenvalue weighted by atomic mass is 10.1. The topological polar surface area (TPSA) is 12.0 Å². The molecule has 2 aromatic heterocycles. The third-order valence-corrected chi connectivity index (χ3v) is 5.01. The summed E-state index contributed by atoms with van der Waals surface area (Å²) in [6, 6.07) is 11.4. The van der Waals surface area contributed by atoms with Crippen LogP contribution in [0.3, 0.4) is 0 Å². The van der Waals surface area contributed by atoms with Gasteiger partial charge >= 0.3 is 0 Å². The molecule has 1 aromatic carbocycles. The minimum atomic E-state index is -0.444. The van der Waals surface area contributed by atoms with E-state index in [0.29, 0.717) is 0 Å². The van der Waals surface area contributed by atoms with Gasteiger partial charge in [0.05, 0.1) is 11.7 Å². The van der Waals surface area contributed by atoms with Crippen LogP contribution in [0.25, 0.3) is 0 Å². The van der Waals surface area contributed by atoms with Crippen LogP contribution in [-0.4, -0.2) is 0 Å². The number of hydrogen-bond acceptors (Lipinski definition) is 3. The molecule has 0 bridgehead atoms. The van der Waals surface area contributed by atoms with Crippen molar-refractivity contribution in [2.24, 2.45) is 0 Å². The monoisotopic (exact) mass is 321 g/mol. The molecule has 0 aliphatic rings. The zero-order valence-corrected chi connectivity index (χ0v) is 12.7. The molecule has 108 valence electrons. The van der Waals surface area contributed by atoms with Gasteiger partial charge in [0, 0.05) is 16.2 Å². The number of nitrogens with one attached hydrogen (secondary N) is 1. The van der Waals surface area contributed by atoms with Crippen LogP contribution in [0.4, 0.5) is 14.5 Å². The second-order valence-corrected chi connectivity index (χ2v) is 6.63. The number of hydrogen-bond donors (Lipinski definition) is 1. The molecular weight excluding hydrogens is 308 g/mol. The van der Waals surface area contributed by atoms with Gasteiger partial charge < -0.3 is 5.32 Å². The van der Waals surface area contributed by atoms with Crippen molar-refractivity contribution in [3.8, 4) is 0 Å². The summed E-state index contributed by atoms with van der Waals surface area (Å²) in [6.07, 6.45) is 0.744. The molecule has 1 N–H and O–H groups in total. The third kappa shape index (κ3) is 3.49. The third-order valence-electron chi connectivity index (χ3n) is 3.13. The Hall–Kier alpha value is -1.72. The quantitative estimate of drug-likeness (QED) is 0.656. The van der Waals surface area contributed by atoms with Crippen molar-refractivity contribution in [1.82, 2.24) is 0 Å². The Labute approximate surface area is 129 Å². The predicted molar refractivity (Wildman–Crippen MR) is 85.1 cm³/mol. The van der Waals surface area contributed by atoms with Crippen LogP contribution in [0.1, 0.15) is 15.8 Å². The van der Waals surface area contributed by atoms with Gasteiger partial charge in [0.25, 0.3) is 0 Å². The van der Waals surface area contributed by atoms with Crippen molar-refractivity contribution in [3.05, 3.63) is 74.6 Å². The minimum absolute atomic E-state index is 0.0695. The zero-order chi connectivity index (χ0) is 14.7. The molecule has 0 aliphatic heterocycles. The van der Waals surface area contributed by atoms with Crippen LogP contribution in [0.2, 0.25) is 0 Å². The van der Waals surface area contributed by atoms with E-state index >= 15 is 0 Å². The maximum atomic E-state index is 13.8. The highest BCUT2D eigenvalue weighted by molar-refractivity contribution is 7.10. The smallest absolute Gasteiger partial charge is 0.146 e. The fourth-order valence-electron chi connectivity index (χ4n) is 2.14. The van der Waals surface area contributed by atoms with Crippen LogP contribution in [0.5, 0.6) is 0 Å². The van der Waals surface area contributed by atoms with Crippen molar-refractivity contribution in [2.45, 2.75) is 12.5 Å². The van der Waals surface area contributed by atoms with E-state index in [1.807, 2.05) is 29.0 Å². The van der Waals surface area contributed by atoms with Gasteiger partial charge in [-0.05, 0) is 41.1 Å². The van der Waals surface area contributed by atoms with E-state index in [1.165, 1.54) is 10.9 Å². The van der Waals surface area contributed by atoms with Crippen molar-refractivity contribution < 1.29 is 8.78 Å². The molecule has 1 atom stereocenters. The number of anilines is 1. The summed E-state index contributed by atoms with van der Waals surface area (Å²) in [5, 5.41) is 7.13. The molecule has 0 aliphatic carbocycles. The highest BCUT2D eigenvalue weighted by Gasteiger charge is 2.16. The van der Waals surface area contributed by atoms with Gasteiger partial charge in [-0.25, -0.2) is 8.78 Å². The molecule has 3 aromatic rings. The number of thiophene rings is 2. The van der Waals surface area contributed by atoms with Crippen LogP contribution in [0.15, 0.2) is 53.2 Å². The molecule has 0 spiro atoms. The van der Waals surface area contributed by atoms with Gasteiger partial charge in [-0.3, -0.25) is 0 Å². The summed E-state index contributed by atoms with van der Waals surface area (Å²) in [7, 11) is 0. The first-order valence-electron chi connectivity index (χ1n) is 6.50. The van der Waals surface area contributed by atoms with E-state index in [-0.39, 0.29) is 11.7 Å². The summed E-state index contributed by atoms with van der Waals surface area (Å²) in [4.78, 5) is 2.31. The van der Waals surface area contributed by atoms with E-state index in [4.69, 9.17) is 0 Å². The molecular formula is C16H13F2NS2. The van der Waals surface area contributed by atoms with E-state index in [2.05, 4.69) is 11.4 Å². The summed E-state index contributed by atoms with van der Waals surface area (Å²) < 4.78 is 27.1. The van der Waals surface area contributed by atoms with Gasteiger partial charge in [0.2, 0.25) is 0 Å². The van der Waals surface area contributed by atoms with Crippen LogP contribution >= 0.6 is 22.7 Å². The summed E-state index contributed by atoms with van der Waals surface area (Å²) in [5.74, 6) is -0.885. The maximum Gasteiger partial charge on any atom is 0.146 e. The first kappa shape index (κ1) is 14.2. The number of rotatable bonds is 5. The van der Waals surface area contributed by atoms with Crippen LogP contribution < -0.4 is 5.32 Å². The molecule has 21 heavy (non-hydrogen) atoms. The fraction of sp³-hybridized carbons (Fsp3) is 0.125. The lowest BCUT2D eigenvalue weighted by Gasteiger charge is -2.18. The molecule has 1 unspecified atom stereocenters. The Morgan fingerprint density at radius 2 is 1.81 bits per heavy atom. The molecule has 1 nitrogen and oxygen atoms in total. The van der Waals surface area contributed by atoms with Gasteiger partial charge in [-0.2, -0.15) is 0 Å². The Morgan fingerprint density at radius 1 is 1.00 bits per heavy atom. The van der Waals surface area contributed by atoms with E-state index in [9.17, 15) is 8.78 Å². The highest BCUT2D eigenvalue weighted by Crippen LogP contribution is 2.29. The van der Waals surface area contributed by atoms with Crippen molar-refractivity contribution in [2.75, 3.05) is 5.32 Å². The molecule has 3 rings (SSSR count). The van der Waals surface area contributed by atoms with Gasteiger partial charge in [-0.15, -0.1) is 22.7 Å². The van der Waals surface area contributed by atoms with Crippen LogP contribution in [-0.2, 0) is 6.42 Å². The zero-order valence-electron chi connectivity index (χ0n) is 11.1. The van der Waals surface area contributed by atoms with E-state index in [0.717, 1.165) is 23.4 Å². The Bertz CT molecular complexity index is 693. The summed E-state index contributed by atoms with van der Waals surface area (Å²) in [6.45, 7) is 0. The van der Waals surface area contributed by atoms with Crippen molar-refractivity contribution in [1.29, 1.82) is 0 Å². The Morgan fingerprint density at radius 3 is 2.52 bits per heavy atom. The molecule has 2 heterocycles. The van der Waals surface area contributed by atoms with Crippen molar-refractivity contribution >= 4 is 28.4 Å². The molecule has 0 radical (unpaired) electrons. The van der Waals surface area contributed by atoms with Crippen LogP contribution in [0, 0.1) is 11.6 Å². The number of halogens is 2. The maximum absolute atomic E-state index is 13.8. The predicted octanol–water partition coefficient (Wildman–Crippen LogP) is 5.48. The summed E-state index contributed by atoms with van der Waals surface area (Å²) in [5.41, 5.74) is 0.199. The Balaban J connectivity index is 1.87. The van der Waals surface area contributed by atoms with E-state index < -0.39 is 11.6 Å². The second-order valence-electron chi connectivity index (χ2n) is 4.62. The standard InChI is InChI=1S/C16H13F2NS2/c17-11-5-6-13(18)14(9-11)19-15(16-4-2-8-21-16)10-12-3-1-7-20-12/h1-9,15,19H,10H2. The number of benzene rings is 1. The Kier molecular flexibility index (Phi) is 4.31. The average Bonchev–Trinajstić information content (AvgIpc) is 3.14. The lowest BCUT2D eigenvalue weighted by molar-refractivity contribution is 0.599. The minimum Gasteiger partial charge on any atom is -0.375 e.